The Kier molecular flexibility index (Phi) is 9.68. The minimum atomic E-state index is -0.520. The molecule has 2 N–H and O–H groups in total. The van der Waals surface area contributed by atoms with Gasteiger partial charge in [-0.2, -0.15) is 15.2 Å². The maximum absolute atomic E-state index is 11.2. The predicted octanol–water partition coefficient (Wildman–Crippen LogP) is 4.81. The molecule has 0 aliphatic carbocycles. The van der Waals surface area contributed by atoms with Crippen LogP contribution in [-0.2, 0) is 0 Å². The van der Waals surface area contributed by atoms with E-state index in [2.05, 4.69) is 48.6 Å². The van der Waals surface area contributed by atoms with Gasteiger partial charge < -0.3 is 4.74 Å². The van der Waals surface area contributed by atoms with E-state index in [1.54, 1.807) is 13.1 Å². The van der Waals surface area contributed by atoms with Crippen LogP contribution in [0, 0.1) is 6.92 Å². The third-order valence-corrected chi connectivity index (χ3v) is 4.84. The molecular weight excluding hydrogens is 422 g/mol. The fourth-order valence-corrected chi connectivity index (χ4v) is 3.13. The molecule has 0 bridgehead atoms. The first-order chi connectivity index (χ1) is 13.6. The number of hydrogen-bond donors (Lipinski definition) is 2. The van der Waals surface area contributed by atoms with Crippen LogP contribution < -0.4 is 15.9 Å². The number of ether oxygens (including phenoxy) is 1. The van der Waals surface area contributed by atoms with Gasteiger partial charge in [0.1, 0.15) is 11.4 Å². The maximum Gasteiger partial charge on any atom is 0.363 e. The zero-order valence-electron chi connectivity index (χ0n) is 16.5. The van der Waals surface area contributed by atoms with Crippen molar-refractivity contribution in [3.05, 3.63) is 44.4 Å². The average molecular weight is 450 g/mol. The molecule has 0 radical (unpaired) electrons. The second-order valence-corrected chi connectivity index (χ2v) is 7.46. The number of aromatic amines is 1. The third-order valence-electron chi connectivity index (χ3n) is 4.22. The Morgan fingerprint density at radius 3 is 2.71 bits per heavy atom. The number of aromatic nitrogens is 3. The summed E-state index contributed by atoms with van der Waals surface area (Å²) in [7, 11) is 0. The van der Waals surface area contributed by atoms with Crippen molar-refractivity contribution in [1.29, 1.82) is 0 Å². The first-order valence-corrected chi connectivity index (χ1v) is 10.5. The third kappa shape index (κ3) is 7.80. The van der Waals surface area contributed by atoms with Gasteiger partial charge in [0.05, 0.1) is 17.3 Å². The highest BCUT2D eigenvalue weighted by molar-refractivity contribution is 9.10. The first kappa shape index (κ1) is 22.1. The Hall–Kier alpha value is -2.22. The number of H-pyrrole nitrogens is 1. The minimum Gasteiger partial charge on any atom is -0.492 e. The summed E-state index contributed by atoms with van der Waals surface area (Å²) < 4.78 is 6.74. The summed E-state index contributed by atoms with van der Waals surface area (Å²) in [6.45, 7) is 4.69. The summed E-state index contributed by atoms with van der Waals surface area (Å²) in [5.41, 5.74) is 3.66. The molecule has 0 saturated carbocycles. The fraction of sp³-hybridized carbons (Fsp3) is 0.500. The van der Waals surface area contributed by atoms with Crippen LogP contribution in [0.25, 0.3) is 0 Å². The van der Waals surface area contributed by atoms with Crippen LogP contribution in [0.15, 0.2) is 32.6 Å². The lowest BCUT2D eigenvalue weighted by atomic mass is 10.1. The molecule has 28 heavy (non-hydrogen) atoms. The van der Waals surface area contributed by atoms with Gasteiger partial charge in [0, 0.05) is 0 Å². The Balaban J connectivity index is 1.77. The number of halogens is 1. The van der Waals surface area contributed by atoms with Crippen LogP contribution in [0.4, 0.5) is 5.82 Å². The lowest BCUT2D eigenvalue weighted by Gasteiger charge is -2.09. The summed E-state index contributed by atoms with van der Waals surface area (Å²) in [5.74, 6) is 1.15. The number of aryl methyl sites for hydroxylation is 1. The summed E-state index contributed by atoms with van der Waals surface area (Å²) in [6.07, 6.45) is 10.5. The molecule has 0 amide bonds. The molecule has 2 rings (SSSR count). The summed E-state index contributed by atoms with van der Waals surface area (Å²) >= 11 is 3.54. The number of rotatable bonds is 12. The van der Waals surface area contributed by atoms with E-state index in [1.165, 1.54) is 38.5 Å². The normalized spacial score (nSPS) is 11.1. The van der Waals surface area contributed by atoms with E-state index < -0.39 is 5.69 Å². The Morgan fingerprint density at radius 1 is 1.21 bits per heavy atom. The van der Waals surface area contributed by atoms with Crippen molar-refractivity contribution < 1.29 is 4.74 Å². The van der Waals surface area contributed by atoms with Crippen LogP contribution >= 0.6 is 15.9 Å². The monoisotopic (exact) mass is 449 g/mol. The summed E-state index contributed by atoms with van der Waals surface area (Å²) in [5, 5.41) is 10.2. The second kappa shape index (κ2) is 12.3. The van der Waals surface area contributed by atoms with Crippen molar-refractivity contribution >= 4 is 28.0 Å². The molecule has 8 heteroatoms. The highest BCUT2D eigenvalue weighted by Crippen LogP contribution is 2.26. The smallest absolute Gasteiger partial charge is 0.363 e. The number of hydrogen-bond acceptors (Lipinski definition) is 6. The van der Waals surface area contributed by atoms with Gasteiger partial charge in [-0.3, -0.25) is 5.43 Å². The Labute approximate surface area is 174 Å². The van der Waals surface area contributed by atoms with E-state index in [4.69, 9.17) is 4.74 Å². The van der Waals surface area contributed by atoms with Crippen molar-refractivity contribution in [3.8, 4) is 5.75 Å². The van der Waals surface area contributed by atoms with Gasteiger partial charge in [-0.1, -0.05) is 45.4 Å². The Bertz CT molecular complexity index is 822. The lowest BCUT2D eigenvalue weighted by molar-refractivity contribution is 0.302. The van der Waals surface area contributed by atoms with E-state index >= 15 is 0 Å². The Morgan fingerprint density at radius 2 is 1.96 bits per heavy atom. The van der Waals surface area contributed by atoms with Crippen LogP contribution in [0.5, 0.6) is 5.75 Å². The highest BCUT2D eigenvalue weighted by atomic mass is 79.9. The molecule has 0 saturated heterocycles. The average Bonchev–Trinajstić information content (AvgIpc) is 2.68. The van der Waals surface area contributed by atoms with Crippen molar-refractivity contribution in [3.63, 3.8) is 0 Å². The molecule has 1 heterocycles. The molecule has 0 unspecified atom stereocenters. The molecule has 0 aliphatic rings. The number of hydrazone groups is 1. The molecule has 0 spiro atoms. The number of nitrogens with zero attached hydrogens (tertiary/aromatic N) is 3. The zero-order valence-corrected chi connectivity index (χ0v) is 18.1. The van der Waals surface area contributed by atoms with Crippen molar-refractivity contribution in [2.24, 2.45) is 5.10 Å². The minimum absolute atomic E-state index is 0.328. The van der Waals surface area contributed by atoms with Gasteiger partial charge in [-0.15, -0.1) is 0 Å². The van der Waals surface area contributed by atoms with Crippen molar-refractivity contribution in [1.82, 2.24) is 15.2 Å². The molecule has 0 fully saturated rings. The largest absolute Gasteiger partial charge is 0.492 e. The SMILES string of the molecule is CCCCCCCCCOc1ccc(/C=N/Nc2nc(=O)[nH]nc2C)cc1Br. The molecule has 152 valence electrons. The number of nitrogens with one attached hydrogen (secondary N) is 2. The van der Waals surface area contributed by atoms with Gasteiger partial charge in [0.25, 0.3) is 0 Å². The van der Waals surface area contributed by atoms with E-state index in [0.717, 1.165) is 28.8 Å². The zero-order chi connectivity index (χ0) is 20.2. The molecule has 0 atom stereocenters. The van der Waals surface area contributed by atoms with Gasteiger partial charge in [0.15, 0.2) is 5.82 Å². The number of anilines is 1. The molecule has 0 aliphatic heterocycles. The summed E-state index contributed by atoms with van der Waals surface area (Å²) in [6, 6.07) is 5.78. The van der Waals surface area contributed by atoms with E-state index in [0.29, 0.717) is 11.5 Å². The molecule has 1 aromatic carbocycles. The maximum atomic E-state index is 11.2. The van der Waals surface area contributed by atoms with Gasteiger partial charge in [-0.25, -0.2) is 9.89 Å². The molecular formula is C20H28BrN5O2. The topological polar surface area (TPSA) is 92.3 Å². The fourth-order valence-electron chi connectivity index (χ4n) is 2.62. The van der Waals surface area contributed by atoms with Crippen LogP contribution in [0.2, 0.25) is 0 Å². The highest BCUT2D eigenvalue weighted by Gasteiger charge is 2.03. The second-order valence-electron chi connectivity index (χ2n) is 6.60. The van der Waals surface area contributed by atoms with Crippen molar-refractivity contribution in [2.75, 3.05) is 12.0 Å². The van der Waals surface area contributed by atoms with E-state index in [9.17, 15) is 4.79 Å². The van der Waals surface area contributed by atoms with E-state index in [1.807, 2.05) is 18.2 Å². The molecule has 7 nitrogen and oxygen atoms in total. The quantitative estimate of drug-likeness (QED) is 0.275. The lowest BCUT2D eigenvalue weighted by Crippen LogP contribution is -2.15. The summed E-state index contributed by atoms with van der Waals surface area (Å²) in [4.78, 5) is 15.0. The van der Waals surface area contributed by atoms with Gasteiger partial charge >= 0.3 is 5.69 Å². The van der Waals surface area contributed by atoms with Gasteiger partial charge in [0.2, 0.25) is 0 Å². The van der Waals surface area contributed by atoms with Gasteiger partial charge in [-0.05, 0) is 53.0 Å². The van der Waals surface area contributed by atoms with Crippen LogP contribution in [0.1, 0.15) is 63.1 Å². The molecule has 2 aromatic rings. The van der Waals surface area contributed by atoms with E-state index in [-0.39, 0.29) is 0 Å². The molecule has 1 aromatic heterocycles. The van der Waals surface area contributed by atoms with Crippen LogP contribution in [0.3, 0.4) is 0 Å². The predicted molar refractivity (Wildman–Crippen MR) is 116 cm³/mol. The van der Waals surface area contributed by atoms with Crippen LogP contribution in [-0.4, -0.2) is 28.0 Å². The number of benzene rings is 1. The first-order valence-electron chi connectivity index (χ1n) is 9.75. The standard InChI is InChI=1S/C20H28BrN5O2/c1-3-4-5-6-7-8-9-12-28-18-11-10-16(13-17(18)21)14-22-25-19-15(2)24-26-20(27)23-19/h10-11,13-14H,3-9,12H2,1-2H3,(H2,23,25,26,27)/b22-14+. The number of unbranched alkanes of at least 4 members (excludes halogenated alkanes) is 6. The van der Waals surface area contributed by atoms with Crippen molar-refractivity contribution in [2.45, 2.75) is 58.8 Å².